The predicted molar refractivity (Wildman–Crippen MR) is 76.8 cm³/mol. The molecule has 0 amide bonds. The maximum Gasteiger partial charge on any atom is 0.224 e. The summed E-state index contributed by atoms with van der Waals surface area (Å²) in [6.45, 7) is 2.89. The molecule has 2 N–H and O–H groups in total. The van der Waals surface area contributed by atoms with E-state index in [9.17, 15) is 0 Å². The van der Waals surface area contributed by atoms with Crippen LogP contribution in [-0.4, -0.2) is 22.6 Å². The molecule has 1 aromatic heterocycles. The van der Waals surface area contributed by atoms with Gasteiger partial charge in [0.2, 0.25) is 5.95 Å². The molecule has 0 radical (unpaired) electrons. The lowest BCUT2D eigenvalue weighted by molar-refractivity contribution is 0.565. The van der Waals surface area contributed by atoms with Gasteiger partial charge < -0.3 is 10.6 Å². The molecule has 0 aliphatic heterocycles. The number of hydrogen-bond acceptors (Lipinski definition) is 4. The molecule has 2 saturated carbocycles. The minimum Gasteiger partial charge on any atom is -0.366 e. The van der Waals surface area contributed by atoms with Gasteiger partial charge >= 0.3 is 0 Å². The summed E-state index contributed by atoms with van der Waals surface area (Å²) in [7, 11) is 0. The van der Waals surface area contributed by atoms with Gasteiger partial charge in [-0.2, -0.15) is 4.98 Å². The lowest BCUT2D eigenvalue weighted by Gasteiger charge is -2.19. The summed E-state index contributed by atoms with van der Waals surface area (Å²) in [6.07, 6.45) is 7.31. The first-order chi connectivity index (χ1) is 8.78. The molecule has 18 heavy (non-hydrogen) atoms. The van der Waals surface area contributed by atoms with E-state index in [4.69, 9.17) is 0 Å². The van der Waals surface area contributed by atoms with E-state index in [0.717, 1.165) is 28.7 Å². The molecule has 1 aromatic rings. The van der Waals surface area contributed by atoms with Crippen LogP contribution in [0.15, 0.2) is 10.7 Å². The zero-order valence-electron chi connectivity index (χ0n) is 10.6. The van der Waals surface area contributed by atoms with E-state index in [-0.39, 0.29) is 0 Å². The number of anilines is 2. The highest BCUT2D eigenvalue weighted by molar-refractivity contribution is 9.10. The van der Waals surface area contributed by atoms with Crippen LogP contribution >= 0.6 is 15.9 Å². The van der Waals surface area contributed by atoms with Gasteiger partial charge in [-0.25, -0.2) is 4.98 Å². The van der Waals surface area contributed by atoms with Crippen LogP contribution in [0.1, 0.15) is 32.6 Å². The van der Waals surface area contributed by atoms with Gasteiger partial charge in [0.1, 0.15) is 5.82 Å². The van der Waals surface area contributed by atoms with E-state index in [0.29, 0.717) is 12.0 Å². The van der Waals surface area contributed by atoms with Crippen LogP contribution in [0.5, 0.6) is 0 Å². The monoisotopic (exact) mass is 310 g/mol. The molecular weight excluding hydrogens is 292 g/mol. The molecule has 3 rings (SSSR count). The summed E-state index contributed by atoms with van der Waals surface area (Å²) in [5, 5.41) is 6.79. The molecule has 0 unspecified atom stereocenters. The van der Waals surface area contributed by atoms with Crippen LogP contribution < -0.4 is 10.6 Å². The van der Waals surface area contributed by atoms with Crippen LogP contribution in [0.4, 0.5) is 11.8 Å². The lowest BCUT2D eigenvalue weighted by atomic mass is 10.1. The smallest absolute Gasteiger partial charge is 0.224 e. The van der Waals surface area contributed by atoms with Gasteiger partial charge in [-0.05, 0) is 60.4 Å². The topological polar surface area (TPSA) is 49.8 Å². The minimum atomic E-state index is 0.616. The number of halogens is 1. The number of aromatic nitrogens is 2. The van der Waals surface area contributed by atoms with Crippen molar-refractivity contribution in [3.63, 3.8) is 0 Å². The van der Waals surface area contributed by atoms with E-state index in [1.807, 2.05) is 6.20 Å². The van der Waals surface area contributed by atoms with Crippen LogP contribution in [0.25, 0.3) is 0 Å². The van der Waals surface area contributed by atoms with Crippen molar-refractivity contribution in [1.82, 2.24) is 9.97 Å². The second-order valence-electron chi connectivity index (χ2n) is 5.27. The van der Waals surface area contributed by atoms with Crippen LogP contribution in [-0.2, 0) is 0 Å². The van der Waals surface area contributed by atoms with Gasteiger partial charge in [0.25, 0.3) is 0 Å². The van der Waals surface area contributed by atoms with Crippen molar-refractivity contribution in [2.24, 2.45) is 11.8 Å². The predicted octanol–water partition coefficient (Wildman–Crippen LogP) is 3.27. The van der Waals surface area contributed by atoms with Gasteiger partial charge in [0.05, 0.1) is 4.47 Å². The number of rotatable bonds is 6. The van der Waals surface area contributed by atoms with E-state index < -0.39 is 0 Å². The Labute approximate surface area is 116 Å². The Kier molecular flexibility index (Phi) is 3.41. The second-order valence-corrected chi connectivity index (χ2v) is 6.12. The summed E-state index contributed by atoms with van der Waals surface area (Å²) in [4.78, 5) is 8.79. The third-order valence-electron chi connectivity index (χ3n) is 3.64. The van der Waals surface area contributed by atoms with Crippen molar-refractivity contribution < 1.29 is 0 Å². The molecule has 1 heterocycles. The van der Waals surface area contributed by atoms with Gasteiger partial charge in [0.15, 0.2) is 0 Å². The maximum atomic E-state index is 4.54. The Bertz CT molecular complexity index is 417. The van der Waals surface area contributed by atoms with Gasteiger partial charge in [-0.1, -0.05) is 0 Å². The van der Waals surface area contributed by atoms with E-state index in [1.54, 1.807) is 0 Å². The minimum absolute atomic E-state index is 0.616. The first-order valence-electron chi connectivity index (χ1n) is 6.81. The van der Waals surface area contributed by atoms with Crippen molar-refractivity contribution in [2.45, 2.75) is 38.6 Å². The molecular formula is C13H19BrN4. The Balaban J connectivity index is 1.75. The highest BCUT2D eigenvalue weighted by atomic mass is 79.9. The fourth-order valence-corrected chi connectivity index (χ4v) is 2.71. The average Bonchev–Trinajstić information content (AvgIpc) is 3.23. The van der Waals surface area contributed by atoms with Crippen molar-refractivity contribution in [1.29, 1.82) is 0 Å². The first kappa shape index (κ1) is 12.2. The molecule has 2 aliphatic rings. The third-order valence-corrected chi connectivity index (χ3v) is 4.22. The molecule has 98 valence electrons. The summed E-state index contributed by atoms with van der Waals surface area (Å²) < 4.78 is 0.954. The van der Waals surface area contributed by atoms with Gasteiger partial charge in [0, 0.05) is 18.8 Å². The quantitative estimate of drug-likeness (QED) is 0.846. The molecule has 0 aromatic carbocycles. The highest BCUT2D eigenvalue weighted by Gasteiger charge is 2.41. The van der Waals surface area contributed by atoms with Crippen molar-refractivity contribution in [3.8, 4) is 0 Å². The van der Waals surface area contributed by atoms with Crippen LogP contribution in [0.3, 0.4) is 0 Å². The van der Waals surface area contributed by atoms with Crippen molar-refractivity contribution >= 4 is 27.7 Å². The molecule has 0 atom stereocenters. The standard InChI is InChI=1S/C13H19BrN4/c1-2-15-13-16-7-10(14)12(18-13)17-11(8-3-4-8)9-5-6-9/h7-9,11H,2-6H2,1H3,(H2,15,16,17,18). The summed E-state index contributed by atoms with van der Waals surface area (Å²) >= 11 is 3.53. The molecule has 0 bridgehead atoms. The van der Waals surface area contributed by atoms with E-state index in [1.165, 1.54) is 25.7 Å². The fourth-order valence-electron chi connectivity index (χ4n) is 2.40. The molecule has 5 heteroatoms. The van der Waals surface area contributed by atoms with Gasteiger partial charge in [-0.15, -0.1) is 0 Å². The summed E-state index contributed by atoms with van der Waals surface area (Å²) in [5.41, 5.74) is 0. The lowest BCUT2D eigenvalue weighted by Crippen LogP contribution is -2.25. The Morgan fingerprint density at radius 2 is 2.00 bits per heavy atom. The highest BCUT2D eigenvalue weighted by Crippen LogP contribution is 2.46. The first-order valence-corrected chi connectivity index (χ1v) is 7.60. The average molecular weight is 311 g/mol. The largest absolute Gasteiger partial charge is 0.366 e. The molecule has 4 nitrogen and oxygen atoms in total. The zero-order chi connectivity index (χ0) is 12.5. The normalized spacial score (nSPS) is 19.1. The van der Waals surface area contributed by atoms with Crippen LogP contribution in [0, 0.1) is 11.8 Å². The Morgan fingerprint density at radius 1 is 1.33 bits per heavy atom. The maximum absolute atomic E-state index is 4.54. The van der Waals surface area contributed by atoms with Crippen molar-refractivity contribution in [3.05, 3.63) is 10.7 Å². The van der Waals surface area contributed by atoms with Crippen molar-refractivity contribution in [2.75, 3.05) is 17.2 Å². The molecule has 2 fully saturated rings. The molecule has 0 saturated heterocycles. The van der Waals surface area contributed by atoms with Crippen LogP contribution in [0.2, 0.25) is 0 Å². The fraction of sp³-hybridized carbons (Fsp3) is 0.692. The SMILES string of the molecule is CCNc1ncc(Br)c(NC(C2CC2)C2CC2)n1. The number of hydrogen-bond donors (Lipinski definition) is 2. The third kappa shape index (κ3) is 2.76. The van der Waals surface area contributed by atoms with E-state index in [2.05, 4.69) is 43.5 Å². The van der Waals surface area contributed by atoms with Gasteiger partial charge in [-0.3, -0.25) is 0 Å². The number of nitrogens with zero attached hydrogens (tertiary/aromatic N) is 2. The Morgan fingerprint density at radius 3 is 2.56 bits per heavy atom. The molecule has 0 spiro atoms. The second kappa shape index (κ2) is 5.03. The summed E-state index contributed by atoms with van der Waals surface area (Å²) in [6, 6.07) is 0.616. The molecule has 2 aliphatic carbocycles. The zero-order valence-corrected chi connectivity index (χ0v) is 12.2. The van der Waals surface area contributed by atoms with E-state index >= 15 is 0 Å². The Hall–Kier alpha value is -0.840. The summed E-state index contributed by atoms with van der Waals surface area (Å²) in [5.74, 6) is 3.36. The number of nitrogens with one attached hydrogen (secondary N) is 2.